The van der Waals surface area contributed by atoms with E-state index in [0.717, 1.165) is 58.7 Å². The van der Waals surface area contributed by atoms with Crippen LogP contribution in [0, 0.1) is 0 Å². The van der Waals surface area contributed by atoms with Crippen LogP contribution >= 0.6 is 0 Å². The first-order valence-electron chi connectivity index (χ1n) is 11.6. The van der Waals surface area contributed by atoms with Gasteiger partial charge in [-0.2, -0.15) is 0 Å². The van der Waals surface area contributed by atoms with E-state index in [4.69, 9.17) is 4.74 Å². The number of nitrogens with zero attached hydrogens (tertiary/aromatic N) is 4. The molecule has 4 aromatic rings. The number of piperazine rings is 1. The Balaban J connectivity index is 1.12. The fourth-order valence-electron chi connectivity index (χ4n) is 4.68. The van der Waals surface area contributed by atoms with E-state index in [2.05, 4.69) is 45.2 Å². The third kappa shape index (κ3) is 3.91. The SMILES string of the molecule is O=C1c2cccc(OCc3ccc(Cn4nnc5ccccc54)cc3)c2CN1C1CNCCN1. The predicted molar refractivity (Wildman–Crippen MR) is 128 cm³/mol. The second kappa shape index (κ2) is 8.89. The quantitative estimate of drug-likeness (QED) is 0.466. The molecule has 0 radical (unpaired) electrons. The molecule has 2 N–H and O–H groups in total. The maximum absolute atomic E-state index is 13.0. The first kappa shape index (κ1) is 20.8. The Kier molecular flexibility index (Phi) is 5.44. The van der Waals surface area contributed by atoms with Gasteiger partial charge >= 0.3 is 0 Å². The molecule has 34 heavy (non-hydrogen) atoms. The van der Waals surface area contributed by atoms with Crippen LogP contribution < -0.4 is 15.4 Å². The van der Waals surface area contributed by atoms with Gasteiger partial charge in [-0.25, -0.2) is 4.68 Å². The average Bonchev–Trinajstić information content (AvgIpc) is 3.45. The zero-order valence-corrected chi connectivity index (χ0v) is 18.8. The van der Waals surface area contributed by atoms with Gasteiger partial charge in [0.1, 0.15) is 17.9 Å². The zero-order valence-electron chi connectivity index (χ0n) is 18.8. The molecule has 1 fully saturated rings. The van der Waals surface area contributed by atoms with E-state index in [1.54, 1.807) is 0 Å². The second-order valence-electron chi connectivity index (χ2n) is 8.73. The van der Waals surface area contributed by atoms with Gasteiger partial charge in [0.15, 0.2) is 0 Å². The smallest absolute Gasteiger partial charge is 0.255 e. The minimum Gasteiger partial charge on any atom is -0.489 e. The molecular formula is C26H26N6O2. The number of amides is 1. The third-order valence-corrected chi connectivity index (χ3v) is 6.52. The van der Waals surface area contributed by atoms with Gasteiger partial charge in [-0.3, -0.25) is 10.1 Å². The molecule has 1 aromatic heterocycles. The van der Waals surface area contributed by atoms with Gasteiger partial charge in [-0.05, 0) is 35.4 Å². The summed E-state index contributed by atoms with van der Waals surface area (Å²) in [6, 6.07) is 22.0. The highest BCUT2D eigenvalue weighted by molar-refractivity contribution is 5.99. The first-order valence-corrected chi connectivity index (χ1v) is 11.6. The van der Waals surface area contributed by atoms with E-state index in [-0.39, 0.29) is 12.1 Å². The molecule has 2 aliphatic heterocycles. The molecule has 0 saturated carbocycles. The summed E-state index contributed by atoms with van der Waals surface area (Å²) in [4.78, 5) is 14.9. The predicted octanol–water partition coefficient (Wildman–Crippen LogP) is 2.53. The molecule has 3 heterocycles. The fraction of sp³-hybridized carbons (Fsp3) is 0.269. The van der Waals surface area contributed by atoms with Crippen molar-refractivity contribution in [1.82, 2.24) is 30.5 Å². The number of carbonyl (C=O) groups excluding carboxylic acids is 1. The number of para-hydroxylation sites is 1. The molecule has 1 amide bonds. The lowest BCUT2D eigenvalue weighted by Gasteiger charge is -2.32. The highest BCUT2D eigenvalue weighted by Gasteiger charge is 2.35. The Morgan fingerprint density at radius 3 is 2.68 bits per heavy atom. The first-order chi connectivity index (χ1) is 16.8. The number of carbonyl (C=O) groups is 1. The number of rotatable bonds is 6. The molecule has 3 aromatic carbocycles. The summed E-state index contributed by atoms with van der Waals surface area (Å²) in [6.45, 7) is 4.21. The number of hydrogen-bond acceptors (Lipinski definition) is 6. The summed E-state index contributed by atoms with van der Waals surface area (Å²) < 4.78 is 8.09. The monoisotopic (exact) mass is 454 g/mol. The van der Waals surface area contributed by atoms with Crippen molar-refractivity contribution in [2.24, 2.45) is 0 Å². The lowest BCUT2D eigenvalue weighted by atomic mass is 10.1. The van der Waals surface area contributed by atoms with Gasteiger partial charge < -0.3 is 15.0 Å². The van der Waals surface area contributed by atoms with E-state index in [1.165, 1.54) is 0 Å². The summed E-state index contributed by atoms with van der Waals surface area (Å²) in [7, 11) is 0. The summed E-state index contributed by atoms with van der Waals surface area (Å²) in [6.07, 6.45) is 0.0103. The lowest BCUT2D eigenvalue weighted by Crippen LogP contribution is -2.57. The van der Waals surface area contributed by atoms with Crippen molar-refractivity contribution in [2.75, 3.05) is 19.6 Å². The summed E-state index contributed by atoms with van der Waals surface area (Å²) in [5.41, 5.74) is 5.85. The van der Waals surface area contributed by atoms with Crippen LogP contribution in [0.2, 0.25) is 0 Å². The van der Waals surface area contributed by atoms with Crippen LogP contribution in [0.25, 0.3) is 11.0 Å². The van der Waals surface area contributed by atoms with Gasteiger partial charge in [0, 0.05) is 30.8 Å². The number of hydrogen-bond donors (Lipinski definition) is 2. The number of aromatic nitrogens is 3. The number of ether oxygens (including phenoxy) is 1. The minimum absolute atomic E-state index is 0.0103. The molecule has 8 nitrogen and oxygen atoms in total. The van der Waals surface area contributed by atoms with Crippen molar-refractivity contribution in [3.05, 3.63) is 89.0 Å². The van der Waals surface area contributed by atoms with E-state index in [0.29, 0.717) is 19.7 Å². The van der Waals surface area contributed by atoms with Gasteiger partial charge in [0.2, 0.25) is 0 Å². The molecule has 1 atom stereocenters. The van der Waals surface area contributed by atoms with Gasteiger partial charge in [0.05, 0.1) is 24.8 Å². The summed E-state index contributed by atoms with van der Waals surface area (Å²) in [5, 5.41) is 15.3. The van der Waals surface area contributed by atoms with Crippen molar-refractivity contribution < 1.29 is 9.53 Å². The Morgan fingerprint density at radius 2 is 1.82 bits per heavy atom. The topological polar surface area (TPSA) is 84.3 Å². The van der Waals surface area contributed by atoms with Crippen molar-refractivity contribution >= 4 is 16.9 Å². The summed E-state index contributed by atoms with van der Waals surface area (Å²) in [5.74, 6) is 0.835. The minimum atomic E-state index is 0.0103. The standard InChI is InChI=1S/C26H26N6O2/c33-26-20-4-3-7-24(21(20)16-31(26)25-14-27-12-13-28-25)34-17-19-10-8-18(9-11-19)15-32-23-6-2-1-5-22(23)29-30-32/h1-11,25,27-28H,12-17H2. The highest BCUT2D eigenvalue weighted by atomic mass is 16.5. The van der Waals surface area contributed by atoms with E-state index in [9.17, 15) is 4.79 Å². The molecule has 6 rings (SSSR count). The van der Waals surface area contributed by atoms with Crippen molar-refractivity contribution in [3.8, 4) is 5.75 Å². The van der Waals surface area contributed by atoms with Crippen LogP contribution in [0.1, 0.15) is 27.0 Å². The Morgan fingerprint density at radius 1 is 0.971 bits per heavy atom. The average molecular weight is 455 g/mol. The number of fused-ring (bicyclic) bond motifs is 2. The van der Waals surface area contributed by atoms with Gasteiger partial charge in [-0.15, -0.1) is 5.10 Å². The molecule has 172 valence electrons. The Labute approximate surface area is 197 Å². The summed E-state index contributed by atoms with van der Waals surface area (Å²) >= 11 is 0. The normalized spacial score (nSPS) is 17.8. The highest BCUT2D eigenvalue weighted by Crippen LogP contribution is 2.32. The molecule has 0 spiro atoms. The van der Waals surface area contributed by atoms with Crippen LogP contribution in [0.4, 0.5) is 0 Å². The maximum Gasteiger partial charge on any atom is 0.255 e. The van der Waals surface area contributed by atoms with Gasteiger partial charge in [0.25, 0.3) is 5.91 Å². The van der Waals surface area contributed by atoms with Crippen molar-refractivity contribution in [2.45, 2.75) is 25.9 Å². The van der Waals surface area contributed by atoms with Crippen LogP contribution in [-0.4, -0.2) is 51.6 Å². The van der Waals surface area contributed by atoms with Crippen LogP contribution in [0.5, 0.6) is 5.75 Å². The zero-order chi connectivity index (χ0) is 22.9. The van der Waals surface area contributed by atoms with E-state index >= 15 is 0 Å². The molecule has 0 bridgehead atoms. The molecule has 1 unspecified atom stereocenters. The van der Waals surface area contributed by atoms with Gasteiger partial charge in [-0.1, -0.05) is 47.7 Å². The molecule has 8 heteroatoms. The Bertz CT molecular complexity index is 1330. The molecular weight excluding hydrogens is 428 g/mol. The molecule has 2 aliphatic rings. The van der Waals surface area contributed by atoms with E-state index < -0.39 is 0 Å². The second-order valence-corrected chi connectivity index (χ2v) is 8.73. The fourth-order valence-corrected chi connectivity index (χ4v) is 4.68. The van der Waals surface area contributed by atoms with Crippen LogP contribution in [-0.2, 0) is 19.7 Å². The number of nitrogens with one attached hydrogen (secondary N) is 2. The maximum atomic E-state index is 13.0. The van der Waals surface area contributed by atoms with Crippen molar-refractivity contribution in [1.29, 1.82) is 0 Å². The van der Waals surface area contributed by atoms with Crippen molar-refractivity contribution in [3.63, 3.8) is 0 Å². The van der Waals surface area contributed by atoms with Crippen LogP contribution in [0.15, 0.2) is 66.7 Å². The number of benzene rings is 3. The molecule has 1 saturated heterocycles. The van der Waals surface area contributed by atoms with E-state index in [1.807, 2.05) is 52.0 Å². The largest absolute Gasteiger partial charge is 0.489 e. The van der Waals surface area contributed by atoms with Crippen LogP contribution in [0.3, 0.4) is 0 Å². The molecule has 0 aliphatic carbocycles. The lowest BCUT2D eigenvalue weighted by molar-refractivity contribution is 0.0645. The Hall–Kier alpha value is -3.75. The third-order valence-electron chi connectivity index (χ3n) is 6.52.